The molecule has 6 heteroatoms. The summed E-state index contributed by atoms with van der Waals surface area (Å²) < 4.78 is 0. The van der Waals surface area contributed by atoms with Gasteiger partial charge in [-0.05, 0) is 23.6 Å². The standard InChI is InChI=1S/C13H13N5S/c1-3-11(17-15-5-1)9-14-7-10-8-16-18-13(10)12-4-2-6-19-12/h1-6,8,14H,7,9H2,(H,16,18). The van der Waals surface area contributed by atoms with Crippen LogP contribution in [0.15, 0.2) is 42.0 Å². The summed E-state index contributed by atoms with van der Waals surface area (Å²) >= 11 is 1.70. The Morgan fingerprint density at radius 1 is 1.21 bits per heavy atom. The van der Waals surface area contributed by atoms with E-state index in [1.54, 1.807) is 17.5 Å². The third kappa shape index (κ3) is 2.86. The van der Waals surface area contributed by atoms with Crippen molar-refractivity contribution in [3.8, 4) is 10.6 Å². The highest BCUT2D eigenvalue weighted by atomic mass is 32.1. The van der Waals surface area contributed by atoms with Gasteiger partial charge in [0.05, 0.1) is 22.5 Å². The largest absolute Gasteiger partial charge is 0.307 e. The molecule has 0 radical (unpaired) electrons. The topological polar surface area (TPSA) is 66.5 Å². The first-order chi connectivity index (χ1) is 9.43. The number of nitrogens with zero attached hydrogens (tertiary/aromatic N) is 3. The van der Waals surface area contributed by atoms with Crippen LogP contribution in [-0.2, 0) is 13.1 Å². The van der Waals surface area contributed by atoms with E-state index >= 15 is 0 Å². The van der Waals surface area contributed by atoms with E-state index in [4.69, 9.17) is 0 Å². The minimum atomic E-state index is 0.697. The number of hydrogen-bond donors (Lipinski definition) is 2. The van der Waals surface area contributed by atoms with Gasteiger partial charge >= 0.3 is 0 Å². The van der Waals surface area contributed by atoms with Crippen molar-refractivity contribution in [3.05, 3.63) is 53.3 Å². The molecule has 0 spiro atoms. The van der Waals surface area contributed by atoms with Crippen molar-refractivity contribution in [2.75, 3.05) is 0 Å². The van der Waals surface area contributed by atoms with Crippen LogP contribution in [0.2, 0.25) is 0 Å². The normalized spacial score (nSPS) is 10.7. The maximum absolute atomic E-state index is 4.12. The monoisotopic (exact) mass is 271 g/mol. The highest BCUT2D eigenvalue weighted by Crippen LogP contribution is 2.25. The van der Waals surface area contributed by atoms with Gasteiger partial charge in [-0.25, -0.2) is 0 Å². The van der Waals surface area contributed by atoms with Crippen LogP contribution in [0.3, 0.4) is 0 Å². The Labute approximate surface area is 114 Å². The summed E-state index contributed by atoms with van der Waals surface area (Å²) in [5.41, 5.74) is 3.18. The number of thiophene rings is 1. The third-order valence-corrected chi connectivity index (χ3v) is 3.62. The number of rotatable bonds is 5. The van der Waals surface area contributed by atoms with Crippen molar-refractivity contribution >= 4 is 11.3 Å². The van der Waals surface area contributed by atoms with Crippen molar-refractivity contribution in [1.29, 1.82) is 0 Å². The predicted molar refractivity (Wildman–Crippen MR) is 74.5 cm³/mol. The van der Waals surface area contributed by atoms with Gasteiger partial charge in [0.15, 0.2) is 0 Å². The Bertz CT molecular complexity index is 618. The van der Waals surface area contributed by atoms with E-state index < -0.39 is 0 Å². The van der Waals surface area contributed by atoms with Gasteiger partial charge in [-0.15, -0.1) is 11.3 Å². The van der Waals surface area contributed by atoms with Crippen LogP contribution in [0, 0.1) is 0 Å². The summed E-state index contributed by atoms with van der Waals surface area (Å²) in [6.45, 7) is 1.45. The van der Waals surface area contributed by atoms with Crippen LogP contribution in [0.4, 0.5) is 0 Å². The average molecular weight is 271 g/mol. The van der Waals surface area contributed by atoms with Crippen molar-refractivity contribution < 1.29 is 0 Å². The van der Waals surface area contributed by atoms with Gasteiger partial charge in [-0.3, -0.25) is 5.10 Å². The lowest BCUT2D eigenvalue weighted by Crippen LogP contribution is -2.14. The molecule has 0 atom stereocenters. The highest BCUT2D eigenvalue weighted by Gasteiger charge is 2.08. The van der Waals surface area contributed by atoms with Gasteiger partial charge in [0, 0.05) is 24.8 Å². The second-order valence-corrected chi connectivity index (χ2v) is 5.01. The lowest BCUT2D eigenvalue weighted by molar-refractivity contribution is 0.671. The molecule has 0 saturated carbocycles. The van der Waals surface area contributed by atoms with E-state index in [9.17, 15) is 0 Å². The highest BCUT2D eigenvalue weighted by molar-refractivity contribution is 7.13. The molecule has 3 aromatic heterocycles. The summed E-state index contributed by atoms with van der Waals surface area (Å²) in [5.74, 6) is 0. The molecule has 5 nitrogen and oxygen atoms in total. The number of H-pyrrole nitrogens is 1. The van der Waals surface area contributed by atoms with E-state index in [2.05, 4.69) is 37.2 Å². The zero-order valence-electron chi connectivity index (χ0n) is 10.2. The van der Waals surface area contributed by atoms with Crippen LogP contribution in [0.5, 0.6) is 0 Å². The van der Waals surface area contributed by atoms with Gasteiger partial charge < -0.3 is 5.32 Å². The van der Waals surface area contributed by atoms with Gasteiger partial charge in [-0.2, -0.15) is 15.3 Å². The molecule has 96 valence electrons. The Hall–Kier alpha value is -2.05. The molecule has 0 aliphatic heterocycles. The number of aromatic nitrogens is 4. The van der Waals surface area contributed by atoms with Gasteiger partial charge in [-0.1, -0.05) is 6.07 Å². The molecule has 0 fully saturated rings. The lowest BCUT2D eigenvalue weighted by atomic mass is 10.2. The smallest absolute Gasteiger partial charge is 0.0794 e. The SMILES string of the molecule is c1cnnc(CNCc2cn[nH]c2-c2cccs2)c1. The fraction of sp³-hybridized carbons (Fsp3) is 0.154. The number of hydrogen-bond acceptors (Lipinski definition) is 5. The van der Waals surface area contributed by atoms with E-state index in [1.807, 2.05) is 24.4 Å². The van der Waals surface area contributed by atoms with Crippen LogP contribution < -0.4 is 5.32 Å². The molecular weight excluding hydrogens is 258 g/mol. The van der Waals surface area contributed by atoms with Crippen LogP contribution >= 0.6 is 11.3 Å². The Morgan fingerprint density at radius 3 is 3.00 bits per heavy atom. The summed E-state index contributed by atoms with van der Waals surface area (Å²) in [7, 11) is 0. The summed E-state index contributed by atoms with van der Waals surface area (Å²) in [5, 5.41) is 20.5. The van der Waals surface area contributed by atoms with Crippen LogP contribution in [0.1, 0.15) is 11.3 Å². The molecule has 3 heterocycles. The minimum absolute atomic E-state index is 0.697. The van der Waals surface area contributed by atoms with E-state index in [-0.39, 0.29) is 0 Å². The van der Waals surface area contributed by atoms with E-state index in [0.717, 1.165) is 23.5 Å². The Balaban J connectivity index is 1.64. The Kier molecular flexibility index (Phi) is 3.62. The van der Waals surface area contributed by atoms with E-state index in [1.165, 1.54) is 4.88 Å². The van der Waals surface area contributed by atoms with Crippen molar-refractivity contribution in [2.24, 2.45) is 0 Å². The minimum Gasteiger partial charge on any atom is -0.307 e. The van der Waals surface area contributed by atoms with Gasteiger partial charge in [0.2, 0.25) is 0 Å². The molecule has 0 unspecified atom stereocenters. The van der Waals surface area contributed by atoms with Crippen molar-refractivity contribution in [1.82, 2.24) is 25.7 Å². The molecule has 2 N–H and O–H groups in total. The first kappa shape index (κ1) is 12.0. The molecule has 19 heavy (non-hydrogen) atoms. The molecule has 0 aliphatic carbocycles. The second-order valence-electron chi connectivity index (χ2n) is 4.07. The average Bonchev–Trinajstić information content (AvgIpc) is 3.10. The first-order valence-corrected chi connectivity index (χ1v) is 6.85. The van der Waals surface area contributed by atoms with Crippen LogP contribution in [-0.4, -0.2) is 20.4 Å². The van der Waals surface area contributed by atoms with Gasteiger partial charge in [0.1, 0.15) is 0 Å². The zero-order chi connectivity index (χ0) is 12.9. The molecule has 0 bridgehead atoms. The first-order valence-electron chi connectivity index (χ1n) is 5.97. The fourth-order valence-corrected chi connectivity index (χ4v) is 2.59. The quantitative estimate of drug-likeness (QED) is 0.746. The summed E-state index contributed by atoms with van der Waals surface area (Å²) in [4.78, 5) is 1.20. The van der Waals surface area contributed by atoms with Crippen molar-refractivity contribution in [3.63, 3.8) is 0 Å². The summed E-state index contributed by atoms with van der Waals surface area (Å²) in [6.07, 6.45) is 3.53. The second kappa shape index (κ2) is 5.73. The zero-order valence-corrected chi connectivity index (χ0v) is 11.0. The molecule has 0 amide bonds. The third-order valence-electron chi connectivity index (χ3n) is 2.73. The fourth-order valence-electron chi connectivity index (χ4n) is 1.83. The van der Waals surface area contributed by atoms with E-state index in [0.29, 0.717) is 6.54 Å². The Morgan fingerprint density at radius 2 is 2.21 bits per heavy atom. The molecular formula is C13H13N5S. The maximum Gasteiger partial charge on any atom is 0.0794 e. The summed E-state index contributed by atoms with van der Waals surface area (Å²) in [6, 6.07) is 7.97. The lowest BCUT2D eigenvalue weighted by Gasteiger charge is -2.03. The number of nitrogens with one attached hydrogen (secondary N) is 2. The molecule has 3 aromatic rings. The van der Waals surface area contributed by atoms with Crippen molar-refractivity contribution in [2.45, 2.75) is 13.1 Å². The molecule has 0 aliphatic rings. The molecule has 0 saturated heterocycles. The van der Waals surface area contributed by atoms with Gasteiger partial charge in [0.25, 0.3) is 0 Å². The maximum atomic E-state index is 4.12. The molecule has 0 aromatic carbocycles. The van der Waals surface area contributed by atoms with Crippen LogP contribution in [0.25, 0.3) is 10.6 Å². The molecule has 3 rings (SSSR count). The number of aromatic amines is 1. The predicted octanol–water partition coefficient (Wildman–Crippen LogP) is 2.22.